The van der Waals surface area contributed by atoms with Crippen LogP contribution in [0.4, 0.5) is 5.69 Å². The quantitative estimate of drug-likeness (QED) is 0.573. The smallest absolute Gasteiger partial charge is 0.271 e. The third-order valence-electron chi connectivity index (χ3n) is 2.08. The van der Waals surface area contributed by atoms with Crippen molar-refractivity contribution in [3.05, 3.63) is 28.3 Å². The Morgan fingerprint density at radius 3 is 2.58 bits per heavy atom. The van der Waals surface area contributed by atoms with E-state index in [1.807, 2.05) is 0 Å². The molecule has 0 radical (unpaired) electrons. The highest BCUT2D eigenvalue weighted by Gasteiger charge is 2.22. The first-order chi connectivity index (χ1) is 8.42. The van der Waals surface area contributed by atoms with Crippen molar-refractivity contribution in [1.29, 1.82) is 0 Å². The number of methoxy groups -OCH3 is 1. The molecule has 0 aliphatic carbocycles. The molecule has 19 heavy (non-hydrogen) atoms. The van der Waals surface area contributed by atoms with Gasteiger partial charge in [-0.2, -0.15) is 0 Å². The number of sulfonamides is 1. The molecule has 10 heteroatoms. The third-order valence-corrected chi connectivity index (χ3v) is 3.57. The molecule has 1 aromatic carbocycles. The average Bonchev–Trinajstić information content (AvgIpc) is 2.35. The molecule has 0 atom stereocenters. The van der Waals surface area contributed by atoms with E-state index in [-0.39, 0.29) is 41.8 Å². The first-order valence-corrected chi connectivity index (χ1v) is 6.43. The number of rotatable bonds is 6. The number of nitro benzene ring substituents is 1. The number of non-ortho nitro benzene ring substituents is 1. The van der Waals surface area contributed by atoms with Crippen LogP contribution in [0.1, 0.15) is 0 Å². The summed E-state index contributed by atoms with van der Waals surface area (Å²) >= 11 is 0. The summed E-state index contributed by atoms with van der Waals surface area (Å²) in [5.74, 6) is 0.0325. The predicted octanol–water partition coefficient (Wildman–Crippen LogP) is 0.262. The standard InChI is InChI=1S/C9H13N3O5S.ClH/c1-17-8-3-2-7(12(13)14)6-9(8)18(15,16)11-5-4-10;/h2-3,6,11H,4-5,10H2,1H3;1H. The molecular weight excluding hydrogens is 298 g/mol. The van der Waals surface area contributed by atoms with Gasteiger partial charge in [0.2, 0.25) is 10.0 Å². The van der Waals surface area contributed by atoms with Crippen molar-refractivity contribution in [2.24, 2.45) is 5.73 Å². The van der Waals surface area contributed by atoms with Crippen LogP contribution in [0.3, 0.4) is 0 Å². The van der Waals surface area contributed by atoms with Gasteiger partial charge in [0.15, 0.2) is 0 Å². The normalized spacial score (nSPS) is 10.6. The van der Waals surface area contributed by atoms with Crippen LogP contribution in [0.15, 0.2) is 23.1 Å². The maximum atomic E-state index is 11.9. The van der Waals surface area contributed by atoms with E-state index in [4.69, 9.17) is 10.5 Å². The van der Waals surface area contributed by atoms with Gasteiger partial charge in [-0.05, 0) is 6.07 Å². The molecule has 1 rings (SSSR count). The van der Waals surface area contributed by atoms with Crippen LogP contribution in [-0.4, -0.2) is 33.5 Å². The van der Waals surface area contributed by atoms with Gasteiger partial charge in [-0.15, -0.1) is 12.4 Å². The maximum Gasteiger partial charge on any atom is 0.271 e. The highest BCUT2D eigenvalue weighted by molar-refractivity contribution is 7.89. The van der Waals surface area contributed by atoms with E-state index < -0.39 is 14.9 Å². The number of ether oxygens (including phenoxy) is 1. The fourth-order valence-corrected chi connectivity index (χ4v) is 2.49. The maximum absolute atomic E-state index is 11.9. The molecule has 3 N–H and O–H groups in total. The Hall–Kier alpha value is -1.42. The number of nitrogens with zero attached hydrogens (tertiary/aromatic N) is 1. The highest BCUT2D eigenvalue weighted by atomic mass is 35.5. The molecule has 0 saturated heterocycles. The van der Waals surface area contributed by atoms with E-state index in [2.05, 4.69) is 4.72 Å². The Morgan fingerprint density at radius 1 is 1.47 bits per heavy atom. The third kappa shape index (κ3) is 4.31. The zero-order valence-corrected chi connectivity index (χ0v) is 11.7. The summed E-state index contributed by atoms with van der Waals surface area (Å²) < 4.78 is 30.8. The van der Waals surface area contributed by atoms with E-state index in [0.29, 0.717) is 0 Å². The number of hydrogen-bond donors (Lipinski definition) is 2. The van der Waals surface area contributed by atoms with Gasteiger partial charge in [-0.25, -0.2) is 13.1 Å². The van der Waals surface area contributed by atoms with Crippen LogP contribution in [-0.2, 0) is 10.0 Å². The molecule has 0 amide bonds. The lowest BCUT2D eigenvalue weighted by Crippen LogP contribution is -2.29. The topological polar surface area (TPSA) is 125 Å². The molecule has 0 bridgehead atoms. The van der Waals surface area contributed by atoms with Crippen molar-refractivity contribution in [2.45, 2.75) is 4.90 Å². The number of nitro groups is 1. The minimum absolute atomic E-state index is 0. The van der Waals surface area contributed by atoms with Gasteiger partial charge < -0.3 is 10.5 Å². The lowest BCUT2D eigenvalue weighted by Gasteiger charge is -2.09. The summed E-state index contributed by atoms with van der Waals surface area (Å²) in [7, 11) is -2.60. The highest BCUT2D eigenvalue weighted by Crippen LogP contribution is 2.27. The molecule has 0 fully saturated rings. The summed E-state index contributed by atoms with van der Waals surface area (Å²) in [5.41, 5.74) is 4.87. The molecule has 0 heterocycles. The molecule has 0 saturated carbocycles. The van der Waals surface area contributed by atoms with Crippen LogP contribution in [0, 0.1) is 10.1 Å². The fourth-order valence-electron chi connectivity index (χ4n) is 1.26. The van der Waals surface area contributed by atoms with E-state index in [0.717, 1.165) is 6.07 Å². The first-order valence-electron chi connectivity index (χ1n) is 4.94. The Morgan fingerprint density at radius 2 is 2.11 bits per heavy atom. The Balaban J connectivity index is 0.00000324. The van der Waals surface area contributed by atoms with Gasteiger partial charge in [-0.3, -0.25) is 10.1 Å². The van der Waals surface area contributed by atoms with Crippen molar-refractivity contribution < 1.29 is 18.1 Å². The molecular formula is C9H14ClN3O5S. The first kappa shape index (κ1) is 17.6. The minimum atomic E-state index is -3.88. The van der Waals surface area contributed by atoms with Gasteiger partial charge in [0.1, 0.15) is 10.6 Å². The van der Waals surface area contributed by atoms with Gasteiger partial charge in [-0.1, -0.05) is 0 Å². The van der Waals surface area contributed by atoms with Crippen LogP contribution in [0.2, 0.25) is 0 Å². The van der Waals surface area contributed by atoms with Crippen LogP contribution in [0.5, 0.6) is 5.75 Å². The molecule has 108 valence electrons. The molecule has 8 nitrogen and oxygen atoms in total. The van der Waals surface area contributed by atoms with Gasteiger partial charge in [0.05, 0.1) is 12.0 Å². The summed E-state index contributed by atoms with van der Waals surface area (Å²) in [6.07, 6.45) is 0. The molecule has 0 spiro atoms. The summed E-state index contributed by atoms with van der Waals surface area (Å²) in [6, 6.07) is 3.34. The average molecular weight is 312 g/mol. The molecule has 0 aliphatic heterocycles. The molecule has 0 aromatic heterocycles. The van der Waals surface area contributed by atoms with Crippen molar-refractivity contribution in [3.63, 3.8) is 0 Å². The zero-order chi connectivity index (χ0) is 13.8. The van der Waals surface area contributed by atoms with Crippen LogP contribution >= 0.6 is 12.4 Å². The molecule has 0 unspecified atom stereocenters. The van der Waals surface area contributed by atoms with E-state index in [1.165, 1.54) is 19.2 Å². The lowest BCUT2D eigenvalue weighted by molar-refractivity contribution is -0.385. The van der Waals surface area contributed by atoms with Crippen molar-refractivity contribution in [2.75, 3.05) is 20.2 Å². The summed E-state index contributed by atoms with van der Waals surface area (Å²) in [6.45, 7) is 0.157. The number of hydrogen-bond acceptors (Lipinski definition) is 6. The van der Waals surface area contributed by atoms with E-state index >= 15 is 0 Å². The minimum Gasteiger partial charge on any atom is -0.495 e. The lowest BCUT2D eigenvalue weighted by atomic mass is 10.3. The van der Waals surface area contributed by atoms with Crippen molar-refractivity contribution in [1.82, 2.24) is 4.72 Å². The predicted molar refractivity (Wildman–Crippen MR) is 71.1 cm³/mol. The van der Waals surface area contributed by atoms with Gasteiger partial charge in [0, 0.05) is 25.2 Å². The summed E-state index contributed by atoms with van der Waals surface area (Å²) in [4.78, 5) is 9.66. The summed E-state index contributed by atoms with van der Waals surface area (Å²) in [5, 5.41) is 10.6. The largest absolute Gasteiger partial charge is 0.495 e. The Labute approximate surface area is 116 Å². The second kappa shape index (κ2) is 7.24. The zero-order valence-electron chi connectivity index (χ0n) is 10.0. The van der Waals surface area contributed by atoms with Gasteiger partial charge in [0.25, 0.3) is 5.69 Å². The van der Waals surface area contributed by atoms with E-state index in [1.54, 1.807) is 0 Å². The number of nitrogens with two attached hydrogens (primary N) is 1. The SMILES string of the molecule is COc1ccc([N+](=O)[O-])cc1S(=O)(=O)NCCN.Cl. The number of halogens is 1. The number of nitrogens with one attached hydrogen (secondary N) is 1. The Bertz CT molecular complexity index is 549. The van der Waals surface area contributed by atoms with Crippen LogP contribution < -0.4 is 15.2 Å². The monoisotopic (exact) mass is 311 g/mol. The fraction of sp³-hybridized carbons (Fsp3) is 0.333. The molecule has 1 aromatic rings. The van der Waals surface area contributed by atoms with Gasteiger partial charge >= 0.3 is 0 Å². The molecule has 0 aliphatic rings. The van der Waals surface area contributed by atoms with E-state index in [9.17, 15) is 18.5 Å². The van der Waals surface area contributed by atoms with Crippen molar-refractivity contribution in [3.8, 4) is 5.75 Å². The number of benzene rings is 1. The Kier molecular flexibility index (Phi) is 6.70. The second-order valence-corrected chi connectivity index (χ2v) is 5.01. The van der Waals surface area contributed by atoms with Crippen molar-refractivity contribution >= 4 is 28.1 Å². The second-order valence-electron chi connectivity index (χ2n) is 3.28. The van der Waals surface area contributed by atoms with Crippen LogP contribution in [0.25, 0.3) is 0 Å².